The van der Waals surface area contributed by atoms with Gasteiger partial charge < -0.3 is 20.6 Å². The fraction of sp³-hybridized carbons (Fsp3) is 0.923. The van der Waals surface area contributed by atoms with Crippen molar-refractivity contribution in [2.24, 2.45) is 0 Å². The van der Waals surface area contributed by atoms with E-state index in [9.17, 15) is 20.1 Å². The van der Waals surface area contributed by atoms with Crippen LogP contribution in [-0.4, -0.2) is 46.1 Å². The van der Waals surface area contributed by atoms with Gasteiger partial charge in [0, 0.05) is 0 Å². The number of allylic oxidation sites excluding steroid dienone is 2. The lowest BCUT2D eigenvalue weighted by atomic mass is 10.0. The third kappa shape index (κ3) is 31.1. The molecule has 3 atom stereocenters. The number of unbranched alkanes of at least 4 members (excludes halogenated alkanes) is 24. The Hall–Kier alpha value is -0.910. The average molecular weight is 624 g/mol. The van der Waals surface area contributed by atoms with Crippen LogP contribution >= 0.6 is 0 Å². The van der Waals surface area contributed by atoms with Crippen molar-refractivity contribution in [1.29, 1.82) is 0 Å². The van der Waals surface area contributed by atoms with Crippen LogP contribution in [-0.2, 0) is 4.79 Å². The predicted molar refractivity (Wildman–Crippen MR) is 190 cm³/mol. The monoisotopic (exact) mass is 624 g/mol. The van der Waals surface area contributed by atoms with Gasteiger partial charge in [0.25, 0.3) is 0 Å². The van der Waals surface area contributed by atoms with E-state index in [1.54, 1.807) is 0 Å². The van der Waals surface area contributed by atoms with Gasteiger partial charge in [-0.25, -0.2) is 0 Å². The average Bonchev–Trinajstić information content (AvgIpc) is 3.01. The molecule has 0 aromatic carbocycles. The first kappa shape index (κ1) is 43.1. The zero-order chi connectivity index (χ0) is 32.4. The van der Waals surface area contributed by atoms with Crippen LogP contribution < -0.4 is 5.32 Å². The molecule has 5 nitrogen and oxygen atoms in total. The molecule has 0 bridgehead atoms. The lowest BCUT2D eigenvalue weighted by Crippen LogP contribution is -2.46. The van der Waals surface area contributed by atoms with Gasteiger partial charge in [-0.1, -0.05) is 174 Å². The highest BCUT2D eigenvalue weighted by atomic mass is 16.3. The van der Waals surface area contributed by atoms with Crippen LogP contribution in [0.1, 0.15) is 206 Å². The molecule has 0 spiro atoms. The maximum atomic E-state index is 12.4. The van der Waals surface area contributed by atoms with Gasteiger partial charge in [-0.3, -0.25) is 4.79 Å². The Bertz CT molecular complexity index is 611. The van der Waals surface area contributed by atoms with Gasteiger partial charge in [0.05, 0.1) is 31.3 Å². The fourth-order valence-corrected chi connectivity index (χ4v) is 6.05. The number of nitrogens with one attached hydrogen (secondary N) is 1. The van der Waals surface area contributed by atoms with Crippen molar-refractivity contribution in [1.82, 2.24) is 5.32 Å². The molecule has 4 N–H and O–H groups in total. The molecule has 5 heteroatoms. The van der Waals surface area contributed by atoms with E-state index in [4.69, 9.17) is 0 Å². The number of aliphatic hydroxyl groups is 3. The fourth-order valence-electron chi connectivity index (χ4n) is 6.05. The molecule has 0 saturated heterocycles. The second-order valence-corrected chi connectivity index (χ2v) is 13.5. The molecule has 0 heterocycles. The minimum absolute atomic E-state index is 0.0331. The van der Waals surface area contributed by atoms with Crippen LogP contribution in [0.15, 0.2) is 12.2 Å². The number of rotatable bonds is 35. The Morgan fingerprint density at radius 3 is 1.32 bits per heavy atom. The molecule has 0 aromatic rings. The van der Waals surface area contributed by atoms with Gasteiger partial charge in [-0.05, 0) is 38.5 Å². The van der Waals surface area contributed by atoms with Crippen LogP contribution in [0.3, 0.4) is 0 Å². The summed E-state index contributed by atoms with van der Waals surface area (Å²) in [5, 5.41) is 33.2. The molecule has 0 aliphatic rings. The van der Waals surface area contributed by atoms with E-state index in [0.717, 1.165) is 32.1 Å². The van der Waals surface area contributed by atoms with Crippen LogP contribution in [0.5, 0.6) is 0 Å². The van der Waals surface area contributed by atoms with Gasteiger partial charge in [0.15, 0.2) is 0 Å². The largest absolute Gasteiger partial charge is 0.394 e. The minimum atomic E-state index is -0.746. The van der Waals surface area contributed by atoms with Crippen molar-refractivity contribution < 1.29 is 20.1 Å². The molecule has 0 aromatic heterocycles. The highest BCUT2D eigenvalue weighted by molar-refractivity contribution is 5.76. The first-order valence-electron chi connectivity index (χ1n) is 19.5. The number of aliphatic hydroxyl groups excluding tert-OH is 3. The van der Waals surface area contributed by atoms with Crippen molar-refractivity contribution in [3.05, 3.63) is 12.2 Å². The molecule has 0 fully saturated rings. The van der Waals surface area contributed by atoms with Gasteiger partial charge in [-0.2, -0.15) is 0 Å². The Morgan fingerprint density at radius 2 is 0.909 bits per heavy atom. The number of carbonyl (C=O) groups is 1. The third-order valence-corrected chi connectivity index (χ3v) is 9.08. The summed E-state index contributed by atoms with van der Waals surface area (Å²) in [5.41, 5.74) is 0. The van der Waals surface area contributed by atoms with Crippen LogP contribution in [0.25, 0.3) is 0 Å². The first-order chi connectivity index (χ1) is 21.5. The second kappa shape index (κ2) is 35.0. The standard InChI is InChI=1S/C39H77NO4/c1-3-5-7-9-11-13-15-16-17-18-19-20-21-22-23-24-26-28-30-32-36(42)34-39(44)40-37(35-41)38(43)33-31-29-27-25-14-12-10-8-6-4-2/h20-21,36-38,41-43H,3-19,22-35H2,1-2H3,(H,40,44)/b21-20-. The Kier molecular flexibility index (Phi) is 34.2. The van der Waals surface area contributed by atoms with Gasteiger partial charge in [-0.15, -0.1) is 0 Å². The zero-order valence-corrected chi connectivity index (χ0v) is 29.6. The van der Waals surface area contributed by atoms with E-state index in [-0.39, 0.29) is 18.9 Å². The SMILES string of the molecule is CCCCCCCCCCCC/C=C\CCCCCCCC(O)CC(=O)NC(CO)C(O)CCCCCCCCCCCC. The van der Waals surface area contributed by atoms with Crippen molar-refractivity contribution >= 4 is 5.91 Å². The number of amides is 1. The smallest absolute Gasteiger partial charge is 0.222 e. The van der Waals surface area contributed by atoms with E-state index >= 15 is 0 Å². The molecular formula is C39H77NO4. The summed E-state index contributed by atoms with van der Waals surface area (Å²) in [4.78, 5) is 12.4. The molecule has 44 heavy (non-hydrogen) atoms. The summed E-state index contributed by atoms with van der Waals surface area (Å²) in [7, 11) is 0. The van der Waals surface area contributed by atoms with Crippen molar-refractivity contribution in [2.75, 3.05) is 6.61 Å². The summed E-state index contributed by atoms with van der Waals surface area (Å²) in [6, 6.07) is -0.655. The highest BCUT2D eigenvalue weighted by Crippen LogP contribution is 2.15. The molecule has 0 saturated carbocycles. The van der Waals surface area contributed by atoms with Crippen LogP contribution in [0.2, 0.25) is 0 Å². The summed E-state index contributed by atoms with van der Waals surface area (Å²) in [6.07, 6.45) is 38.8. The molecule has 0 aliphatic carbocycles. The highest BCUT2D eigenvalue weighted by Gasteiger charge is 2.21. The lowest BCUT2D eigenvalue weighted by molar-refractivity contribution is -0.125. The van der Waals surface area contributed by atoms with Gasteiger partial charge in [0.1, 0.15) is 0 Å². The molecule has 1 amide bonds. The predicted octanol–water partition coefficient (Wildman–Crippen LogP) is 10.5. The van der Waals surface area contributed by atoms with Crippen molar-refractivity contribution in [2.45, 2.75) is 225 Å². The third-order valence-electron chi connectivity index (χ3n) is 9.08. The second-order valence-electron chi connectivity index (χ2n) is 13.5. The quantitative estimate of drug-likeness (QED) is 0.0418. The van der Waals surface area contributed by atoms with E-state index in [1.807, 2.05) is 0 Å². The van der Waals surface area contributed by atoms with E-state index in [1.165, 1.54) is 141 Å². The molecular weight excluding hydrogens is 546 g/mol. The van der Waals surface area contributed by atoms with Crippen molar-refractivity contribution in [3.8, 4) is 0 Å². The van der Waals surface area contributed by atoms with E-state index in [0.29, 0.717) is 12.8 Å². The number of hydrogen-bond donors (Lipinski definition) is 4. The normalized spacial score (nSPS) is 13.8. The van der Waals surface area contributed by atoms with Gasteiger partial charge in [0.2, 0.25) is 5.91 Å². The zero-order valence-electron chi connectivity index (χ0n) is 29.6. The molecule has 0 radical (unpaired) electrons. The Morgan fingerprint density at radius 1 is 0.545 bits per heavy atom. The minimum Gasteiger partial charge on any atom is -0.394 e. The van der Waals surface area contributed by atoms with Gasteiger partial charge >= 0.3 is 0 Å². The Labute approximate surface area is 274 Å². The molecule has 0 rings (SSSR count). The number of hydrogen-bond acceptors (Lipinski definition) is 4. The summed E-state index contributed by atoms with van der Waals surface area (Å²) in [6.45, 7) is 4.24. The summed E-state index contributed by atoms with van der Waals surface area (Å²) in [5.74, 6) is -0.289. The van der Waals surface area contributed by atoms with Crippen LogP contribution in [0.4, 0.5) is 0 Å². The molecule has 3 unspecified atom stereocenters. The maximum Gasteiger partial charge on any atom is 0.222 e. The van der Waals surface area contributed by atoms with Crippen molar-refractivity contribution in [3.63, 3.8) is 0 Å². The summed E-state index contributed by atoms with van der Waals surface area (Å²) >= 11 is 0. The van der Waals surface area contributed by atoms with Crippen LogP contribution in [0, 0.1) is 0 Å². The topological polar surface area (TPSA) is 89.8 Å². The molecule has 0 aliphatic heterocycles. The lowest BCUT2D eigenvalue weighted by Gasteiger charge is -2.23. The number of carbonyl (C=O) groups excluding carboxylic acids is 1. The first-order valence-corrected chi connectivity index (χ1v) is 19.5. The van der Waals surface area contributed by atoms with E-state index < -0.39 is 18.2 Å². The Balaban J connectivity index is 3.63. The molecule has 262 valence electrons. The maximum absolute atomic E-state index is 12.4. The van der Waals surface area contributed by atoms with E-state index in [2.05, 4.69) is 31.3 Å². The summed E-state index contributed by atoms with van der Waals surface area (Å²) < 4.78 is 0.